The lowest BCUT2D eigenvalue weighted by Crippen LogP contribution is -2.50. The van der Waals surface area contributed by atoms with E-state index in [2.05, 4.69) is 19.9 Å². The van der Waals surface area contributed by atoms with Crippen molar-refractivity contribution in [2.45, 2.75) is 65.2 Å². The van der Waals surface area contributed by atoms with Crippen molar-refractivity contribution in [3.63, 3.8) is 0 Å². The molecule has 2 heteroatoms. The predicted octanol–water partition coefficient (Wildman–Crippen LogP) is 5.47. The maximum atomic E-state index is 5.60. The molecule has 0 N–H and O–H groups in total. The van der Waals surface area contributed by atoms with Gasteiger partial charge in [0.2, 0.25) is 0 Å². The van der Waals surface area contributed by atoms with Gasteiger partial charge in [-0.3, -0.25) is 0 Å². The van der Waals surface area contributed by atoms with E-state index in [-0.39, 0.29) is 0 Å². The molecule has 0 bridgehead atoms. The molecule has 0 spiro atoms. The first-order valence-corrected chi connectivity index (χ1v) is 10.7. The van der Waals surface area contributed by atoms with Gasteiger partial charge >= 0.3 is 0 Å². The van der Waals surface area contributed by atoms with Crippen molar-refractivity contribution in [3.05, 3.63) is 11.6 Å². The first kappa shape index (κ1) is 18.0. The quantitative estimate of drug-likeness (QED) is 0.628. The van der Waals surface area contributed by atoms with Crippen LogP contribution < -0.4 is 0 Å². The number of ether oxygens (including phenoxy) is 2. The number of allylic oxidation sites excluding steroid dienone is 1. The number of rotatable bonds is 4. The topological polar surface area (TPSA) is 18.5 Å². The third kappa shape index (κ3) is 2.74. The van der Waals surface area contributed by atoms with E-state index >= 15 is 0 Å². The van der Waals surface area contributed by atoms with E-state index in [1.165, 1.54) is 51.4 Å². The van der Waals surface area contributed by atoms with Gasteiger partial charge in [0.05, 0.1) is 6.61 Å². The second-order valence-corrected chi connectivity index (χ2v) is 10.1. The Balaban J connectivity index is 1.57. The third-order valence-corrected chi connectivity index (χ3v) is 9.15. The van der Waals surface area contributed by atoms with Crippen molar-refractivity contribution < 1.29 is 9.47 Å². The standard InChI is InChI=1S/C23H38O2/c1-22-11-9-16(14-24-3)13-17(22)5-7-19-20-8-6-18(15-25-4)23(20,2)12-10-21(19)22/h13,16,18-21H,5-12,14-15H2,1-4H3/t16?,18-,19+,20+,21+,22+,23-/m1/s1. The van der Waals surface area contributed by atoms with Crippen molar-refractivity contribution in [2.24, 2.45) is 40.4 Å². The fourth-order valence-corrected chi connectivity index (χ4v) is 7.73. The summed E-state index contributed by atoms with van der Waals surface area (Å²) in [5.74, 6) is 4.29. The molecule has 0 aliphatic heterocycles. The SMILES string of the molecule is COCC1C=C2CC[C@H]3[C@@H]4CC[C@H](COC)[C@@]4(C)CC[C@@H]3[C@@]2(C)CC1. The van der Waals surface area contributed by atoms with Gasteiger partial charge in [-0.2, -0.15) is 0 Å². The van der Waals surface area contributed by atoms with Crippen molar-refractivity contribution >= 4 is 0 Å². The third-order valence-electron chi connectivity index (χ3n) is 9.15. The molecule has 4 rings (SSSR count). The van der Waals surface area contributed by atoms with E-state index in [0.717, 1.165) is 36.9 Å². The minimum absolute atomic E-state index is 0.480. The second kappa shape index (κ2) is 6.68. The monoisotopic (exact) mass is 346 g/mol. The number of fused-ring (bicyclic) bond motifs is 5. The average molecular weight is 347 g/mol. The smallest absolute Gasteiger partial charge is 0.0525 e. The highest BCUT2D eigenvalue weighted by molar-refractivity contribution is 5.25. The summed E-state index contributed by atoms with van der Waals surface area (Å²) in [7, 11) is 3.74. The molecule has 4 aliphatic carbocycles. The number of hydrogen-bond donors (Lipinski definition) is 0. The maximum absolute atomic E-state index is 5.60. The first-order valence-electron chi connectivity index (χ1n) is 10.7. The van der Waals surface area contributed by atoms with Gasteiger partial charge in [0.1, 0.15) is 0 Å². The van der Waals surface area contributed by atoms with Gasteiger partial charge in [-0.15, -0.1) is 0 Å². The summed E-state index contributed by atoms with van der Waals surface area (Å²) in [6.45, 7) is 7.11. The van der Waals surface area contributed by atoms with Gasteiger partial charge in [-0.05, 0) is 85.9 Å². The van der Waals surface area contributed by atoms with Crippen LogP contribution in [0.25, 0.3) is 0 Å². The molecule has 2 nitrogen and oxygen atoms in total. The Morgan fingerprint density at radius 1 is 0.920 bits per heavy atom. The van der Waals surface area contributed by atoms with Crippen LogP contribution in [0, 0.1) is 40.4 Å². The molecule has 0 aromatic rings. The lowest BCUT2D eigenvalue weighted by atomic mass is 9.46. The van der Waals surface area contributed by atoms with E-state index in [1.54, 1.807) is 5.57 Å². The minimum Gasteiger partial charge on any atom is -0.384 e. The maximum Gasteiger partial charge on any atom is 0.0525 e. The van der Waals surface area contributed by atoms with Crippen LogP contribution in [-0.2, 0) is 9.47 Å². The van der Waals surface area contributed by atoms with Gasteiger partial charge in [0.15, 0.2) is 0 Å². The Morgan fingerprint density at radius 3 is 2.48 bits per heavy atom. The molecule has 25 heavy (non-hydrogen) atoms. The van der Waals surface area contributed by atoms with E-state index in [4.69, 9.17) is 9.47 Å². The molecule has 1 unspecified atom stereocenters. The summed E-state index contributed by atoms with van der Waals surface area (Å²) in [6.07, 6.45) is 13.8. The highest BCUT2D eigenvalue weighted by atomic mass is 16.5. The van der Waals surface area contributed by atoms with Crippen LogP contribution in [0.3, 0.4) is 0 Å². The highest BCUT2D eigenvalue weighted by Crippen LogP contribution is 2.66. The molecule has 0 amide bonds. The normalized spacial score (nSPS) is 49.1. The summed E-state index contributed by atoms with van der Waals surface area (Å²) in [5, 5.41) is 0. The Morgan fingerprint density at radius 2 is 1.72 bits per heavy atom. The number of methoxy groups -OCH3 is 2. The molecule has 0 heterocycles. The van der Waals surface area contributed by atoms with Crippen LogP contribution in [-0.4, -0.2) is 27.4 Å². The van der Waals surface area contributed by atoms with Crippen molar-refractivity contribution in [2.75, 3.05) is 27.4 Å². The van der Waals surface area contributed by atoms with E-state index in [9.17, 15) is 0 Å². The summed E-state index contributed by atoms with van der Waals surface area (Å²) < 4.78 is 11.0. The van der Waals surface area contributed by atoms with Gasteiger partial charge < -0.3 is 9.47 Å². The predicted molar refractivity (Wildman–Crippen MR) is 102 cm³/mol. The molecule has 0 aromatic heterocycles. The van der Waals surface area contributed by atoms with Crippen molar-refractivity contribution in [1.82, 2.24) is 0 Å². The Labute approximate surface area is 154 Å². The molecule has 3 saturated carbocycles. The Bertz CT molecular complexity index is 526. The molecule has 4 aliphatic rings. The molecular weight excluding hydrogens is 308 g/mol. The highest BCUT2D eigenvalue weighted by Gasteiger charge is 2.58. The Hall–Kier alpha value is -0.340. The van der Waals surface area contributed by atoms with E-state index < -0.39 is 0 Å². The lowest BCUT2D eigenvalue weighted by molar-refractivity contribution is -0.0630. The zero-order chi connectivity index (χ0) is 17.7. The first-order chi connectivity index (χ1) is 12.0. The van der Waals surface area contributed by atoms with Gasteiger partial charge in [0, 0.05) is 26.7 Å². The van der Waals surface area contributed by atoms with Crippen molar-refractivity contribution in [1.29, 1.82) is 0 Å². The van der Waals surface area contributed by atoms with Crippen LogP contribution in [0.15, 0.2) is 11.6 Å². The second-order valence-electron chi connectivity index (χ2n) is 10.1. The van der Waals surface area contributed by atoms with Crippen LogP contribution in [0.1, 0.15) is 65.2 Å². The van der Waals surface area contributed by atoms with Gasteiger partial charge in [-0.25, -0.2) is 0 Å². The summed E-state index contributed by atoms with van der Waals surface area (Å²) in [6, 6.07) is 0. The largest absolute Gasteiger partial charge is 0.384 e. The van der Waals surface area contributed by atoms with E-state index in [1.807, 2.05) is 14.2 Å². The molecule has 0 aromatic carbocycles. The minimum atomic E-state index is 0.480. The zero-order valence-electron chi connectivity index (χ0n) is 16.9. The molecule has 0 saturated heterocycles. The summed E-state index contributed by atoms with van der Waals surface area (Å²) in [4.78, 5) is 0. The summed E-state index contributed by atoms with van der Waals surface area (Å²) >= 11 is 0. The van der Waals surface area contributed by atoms with Gasteiger partial charge in [0.25, 0.3) is 0 Å². The fourth-order valence-electron chi connectivity index (χ4n) is 7.73. The van der Waals surface area contributed by atoms with Crippen LogP contribution >= 0.6 is 0 Å². The van der Waals surface area contributed by atoms with Crippen LogP contribution in [0.2, 0.25) is 0 Å². The molecule has 142 valence electrons. The van der Waals surface area contributed by atoms with Gasteiger partial charge in [-0.1, -0.05) is 25.5 Å². The molecule has 0 radical (unpaired) electrons. The van der Waals surface area contributed by atoms with Crippen LogP contribution in [0.5, 0.6) is 0 Å². The van der Waals surface area contributed by atoms with Crippen molar-refractivity contribution in [3.8, 4) is 0 Å². The molecule has 7 atom stereocenters. The van der Waals surface area contributed by atoms with E-state index in [0.29, 0.717) is 16.7 Å². The lowest BCUT2D eigenvalue weighted by Gasteiger charge is -2.58. The summed E-state index contributed by atoms with van der Waals surface area (Å²) in [5.41, 5.74) is 2.81. The number of hydrogen-bond acceptors (Lipinski definition) is 2. The molecular formula is C23H38O2. The molecule has 3 fully saturated rings. The fraction of sp³-hybridized carbons (Fsp3) is 0.913. The Kier molecular flexibility index (Phi) is 4.82. The van der Waals surface area contributed by atoms with Crippen LogP contribution in [0.4, 0.5) is 0 Å². The zero-order valence-corrected chi connectivity index (χ0v) is 16.9. The average Bonchev–Trinajstić information content (AvgIpc) is 2.93.